The molecule has 2 aromatic heterocycles. The highest BCUT2D eigenvalue weighted by molar-refractivity contribution is 7.98. The van der Waals surface area contributed by atoms with Crippen molar-refractivity contribution in [2.24, 2.45) is 7.05 Å². The minimum absolute atomic E-state index is 0.117. The average Bonchev–Trinajstić information content (AvgIpc) is 3.17. The summed E-state index contributed by atoms with van der Waals surface area (Å²) in [5.41, 5.74) is 2.18. The zero-order chi connectivity index (χ0) is 20.4. The average molecular weight is 407 g/mol. The number of aryl methyl sites for hydroxylation is 1. The molecule has 6 nitrogen and oxygen atoms in total. The number of hydrogen-bond donors (Lipinski definition) is 2. The molecule has 2 heterocycles. The van der Waals surface area contributed by atoms with Gasteiger partial charge in [0.15, 0.2) is 0 Å². The molecule has 0 saturated heterocycles. The van der Waals surface area contributed by atoms with Gasteiger partial charge in [0.05, 0.1) is 22.6 Å². The maximum atomic E-state index is 13.2. The molecule has 0 aliphatic carbocycles. The van der Waals surface area contributed by atoms with Crippen LogP contribution < -0.4 is 10.9 Å². The van der Waals surface area contributed by atoms with Crippen LogP contribution >= 0.6 is 11.8 Å². The second kappa shape index (κ2) is 8.13. The number of thioether (sulfide) groups is 1. The third kappa shape index (κ3) is 3.78. The molecule has 4 aromatic rings. The van der Waals surface area contributed by atoms with Crippen LogP contribution in [-0.2, 0) is 7.05 Å². The third-order valence-corrected chi connectivity index (χ3v) is 5.63. The molecular weight excluding hydrogens is 384 g/mol. The minimum Gasteiger partial charge on any atom is -0.342 e. The number of benzene rings is 2. The Hall–Kier alpha value is -3.06. The zero-order valence-electron chi connectivity index (χ0n) is 16.3. The molecular formula is C22H22N4O2S. The predicted octanol–water partition coefficient (Wildman–Crippen LogP) is 3.64. The van der Waals surface area contributed by atoms with E-state index < -0.39 is 0 Å². The number of amides is 1. The molecule has 2 N–H and O–H groups in total. The van der Waals surface area contributed by atoms with E-state index in [1.807, 2.05) is 42.7 Å². The van der Waals surface area contributed by atoms with Crippen molar-refractivity contribution in [2.45, 2.75) is 12.5 Å². The van der Waals surface area contributed by atoms with Gasteiger partial charge >= 0.3 is 0 Å². The number of nitrogens with zero attached hydrogens (tertiary/aromatic N) is 2. The first-order chi connectivity index (χ1) is 14.1. The van der Waals surface area contributed by atoms with Crippen molar-refractivity contribution in [1.82, 2.24) is 19.9 Å². The predicted molar refractivity (Wildman–Crippen MR) is 118 cm³/mol. The van der Waals surface area contributed by atoms with E-state index in [0.717, 1.165) is 29.0 Å². The van der Waals surface area contributed by atoms with Crippen LogP contribution in [0.1, 0.15) is 28.6 Å². The Kier molecular flexibility index (Phi) is 5.40. The van der Waals surface area contributed by atoms with Crippen LogP contribution in [0, 0.1) is 0 Å². The van der Waals surface area contributed by atoms with Crippen molar-refractivity contribution in [3.05, 3.63) is 76.5 Å². The van der Waals surface area contributed by atoms with Gasteiger partial charge in [0, 0.05) is 24.0 Å². The number of nitrogens with one attached hydrogen (secondary N) is 2. The number of H-pyrrole nitrogens is 1. The lowest BCUT2D eigenvalue weighted by molar-refractivity contribution is 0.0935. The highest BCUT2D eigenvalue weighted by atomic mass is 32.2. The van der Waals surface area contributed by atoms with Gasteiger partial charge in [-0.1, -0.05) is 30.3 Å². The van der Waals surface area contributed by atoms with Crippen molar-refractivity contribution in [1.29, 1.82) is 0 Å². The molecule has 0 aliphatic heterocycles. The summed E-state index contributed by atoms with van der Waals surface area (Å²) in [6.45, 7) is 0. The number of hydrogen-bond acceptors (Lipinski definition) is 4. The van der Waals surface area contributed by atoms with Crippen molar-refractivity contribution < 1.29 is 4.79 Å². The molecule has 1 amide bonds. The lowest BCUT2D eigenvalue weighted by Crippen LogP contribution is -2.31. The highest BCUT2D eigenvalue weighted by Gasteiger charge is 2.21. The summed E-state index contributed by atoms with van der Waals surface area (Å²) in [4.78, 5) is 33.6. The fourth-order valence-corrected chi connectivity index (χ4v) is 3.96. The number of carbonyl (C=O) groups excluding carboxylic acids is 1. The Morgan fingerprint density at radius 2 is 1.90 bits per heavy atom. The van der Waals surface area contributed by atoms with E-state index in [4.69, 9.17) is 0 Å². The van der Waals surface area contributed by atoms with Crippen molar-refractivity contribution in [3.63, 3.8) is 0 Å². The van der Waals surface area contributed by atoms with Crippen LogP contribution in [0.25, 0.3) is 21.8 Å². The summed E-state index contributed by atoms with van der Waals surface area (Å²) in [5.74, 6) is 1.40. The largest absolute Gasteiger partial charge is 0.342 e. The SMILES string of the molecule is CSCC[C@@H](NC(=O)c1cn(C)c(=O)c2ccccc12)c1nc2ccccc2[nH]1. The van der Waals surface area contributed by atoms with Gasteiger partial charge in [-0.25, -0.2) is 4.98 Å². The molecule has 0 spiro atoms. The van der Waals surface area contributed by atoms with Gasteiger partial charge in [-0.3, -0.25) is 9.59 Å². The molecule has 0 radical (unpaired) electrons. The Labute approximate surface area is 172 Å². The first kappa shape index (κ1) is 19.3. The standard InChI is InChI=1S/C22H22N4O2S/c1-26-13-16(14-7-3-4-8-15(14)22(26)28)21(27)25-19(11-12-29-2)20-23-17-9-5-6-10-18(17)24-20/h3-10,13,19H,11-12H2,1-2H3,(H,23,24)(H,25,27)/t19-/m1/s1. The van der Waals surface area contributed by atoms with Crippen LogP contribution in [0.4, 0.5) is 0 Å². The van der Waals surface area contributed by atoms with Crippen LogP contribution in [0.2, 0.25) is 0 Å². The van der Waals surface area contributed by atoms with Gasteiger partial charge in [0.2, 0.25) is 0 Å². The Morgan fingerprint density at radius 3 is 2.66 bits per heavy atom. The summed E-state index contributed by atoms with van der Waals surface area (Å²) in [6, 6.07) is 14.8. The van der Waals surface area contributed by atoms with Crippen LogP contribution in [0.15, 0.2) is 59.5 Å². The summed E-state index contributed by atoms with van der Waals surface area (Å²) in [5, 5.41) is 4.31. The van der Waals surface area contributed by atoms with Gasteiger partial charge < -0.3 is 14.9 Å². The number of rotatable bonds is 6. The first-order valence-corrected chi connectivity index (χ1v) is 10.8. The van der Waals surface area contributed by atoms with E-state index >= 15 is 0 Å². The second-order valence-electron chi connectivity index (χ2n) is 6.95. The van der Waals surface area contributed by atoms with Gasteiger partial charge in [0.25, 0.3) is 11.5 Å². The van der Waals surface area contributed by atoms with Crippen LogP contribution in [-0.4, -0.2) is 32.5 Å². The van der Waals surface area contributed by atoms with E-state index in [1.54, 1.807) is 37.1 Å². The maximum absolute atomic E-state index is 13.2. The second-order valence-corrected chi connectivity index (χ2v) is 7.94. The molecule has 1 atom stereocenters. The quantitative estimate of drug-likeness (QED) is 0.512. The van der Waals surface area contributed by atoms with E-state index in [0.29, 0.717) is 16.3 Å². The maximum Gasteiger partial charge on any atom is 0.258 e. The molecule has 0 fully saturated rings. The Bertz CT molecular complexity index is 1210. The van der Waals surface area contributed by atoms with E-state index in [2.05, 4.69) is 15.3 Å². The highest BCUT2D eigenvalue weighted by Crippen LogP contribution is 2.22. The summed E-state index contributed by atoms with van der Waals surface area (Å²) in [7, 11) is 1.66. The fraction of sp³-hybridized carbons (Fsp3) is 0.227. The number of aromatic nitrogens is 3. The fourth-order valence-electron chi connectivity index (χ4n) is 3.48. The first-order valence-electron chi connectivity index (χ1n) is 9.41. The lowest BCUT2D eigenvalue weighted by atomic mass is 10.1. The molecule has 0 unspecified atom stereocenters. The van der Waals surface area contributed by atoms with E-state index in [9.17, 15) is 9.59 Å². The van der Waals surface area contributed by atoms with Crippen molar-refractivity contribution in [2.75, 3.05) is 12.0 Å². The van der Waals surface area contributed by atoms with Crippen LogP contribution in [0.3, 0.4) is 0 Å². The molecule has 2 aromatic carbocycles. The number of carbonyl (C=O) groups is 1. The number of aromatic amines is 1. The van der Waals surface area contributed by atoms with E-state index in [-0.39, 0.29) is 17.5 Å². The molecule has 7 heteroatoms. The van der Waals surface area contributed by atoms with Gasteiger partial charge in [-0.05, 0) is 36.6 Å². The molecule has 0 bridgehead atoms. The Balaban J connectivity index is 1.71. The summed E-state index contributed by atoms with van der Waals surface area (Å²) < 4.78 is 1.45. The van der Waals surface area contributed by atoms with Crippen LogP contribution in [0.5, 0.6) is 0 Å². The molecule has 4 rings (SSSR count). The summed E-state index contributed by atoms with van der Waals surface area (Å²) in [6.07, 6.45) is 4.39. The zero-order valence-corrected chi connectivity index (χ0v) is 17.1. The molecule has 148 valence electrons. The Morgan fingerprint density at radius 1 is 1.17 bits per heavy atom. The number of fused-ring (bicyclic) bond motifs is 2. The van der Waals surface area contributed by atoms with Gasteiger partial charge in [-0.2, -0.15) is 11.8 Å². The summed E-state index contributed by atoms with van der Waals surface area (Å²) >= 11 is 1.72. The normalized spacial score (nSPS) is 12.3. The minimum atomic E-state index is -0.252. The van der Waals surface area contributed by atoms with E-state index in [1.165, 1.54) is 4.57 Å². The smallest absolute Gasteiger partial charge is 0.258 e. The monoisotopic (exact) mass is 406 g/mol. The topological polar surface area (TPSA) is 79.8 Å². The number of imidazole rings is 1. The number of para-hydroxylation sites is 2. The third-order valence-electron chi connectivity index (χ3n) is 4.99. The van der Waals surface area contributed by atoms with Crippen molar-refractivity contribution in [3.8, 4) is 0 Å². The lowest BCUT2D eigenvalue weighted by Gasteiger charge is -2.17. The molecule has 0 saturated carbocycles. The number of pyridine rings is 1. The molecule has 0 aliphatic rings. The molecule has 29 heavy (non-hydrogen) atoms. The van der Waals surface area contributed by atoms with Crippen molar-refractivity contribution >= 4 is 39.5 Å². The van der Waals surface area contributed by atoms with Gasteiger partial charge in [-0.15, -0.1) is 0 Å². The van der Waals surface area contributed by atoms with Gasteiger partial charge in [0.1, 0.15) is 5.82 Å².